The number of amides is 1. The molecule has 158 valence electrons. The highest BCUT2D eigenvalue weighted by Gasteiger charge is 2.19. The molecule has 0 aliphatic carbocycles. The van der Waals surface area contributed by atoms with Crippen molar-refractivity contribution in [3.8, 4) is 11.3 Å². The lowest BCUT2D eigenvalue weighted by molar-refractivity contribution is 0.0962. The second-order valence-corrected chi connectivity index (χ2v) is 8.60. The summed E-state index contributed by atoms with van der Waals surface area (Å²) in [5.41, 5.74) is 4.10. The summed E-state index contributed by atoms with van der Waals surface area (Å²) in [7, 11) is -2.06. The van der Waals surface area contributed by atoms with E-state index in [0.717, 1.165) is 16.8 Å². The van der Waals surface area contributed by atoms with E-state index in [1.807, 2.05) is 31.2 Å². The van der Waals surface area contributed by atoms with Crippen molar-refractivity contribution < 1.29 is 13.2 Å². The Morgan fingerprint density at radius 1 is 1.07 bits per heavy atom. The van der Waals surface area contributed by atoms with Crippen LogP contribution in [0, 0.1) is 13.8 Å². The van der Waals surface area contributed by atoms with E-state index in [1.54, 1.807) is 37.7 Å². The van der Waals surface area contributed by atoms with E-state index < -0.39 is 10.0 Å². The number of nitrogens with zero attached hydrogens (tertiary/aromatic N) is 3. The topological polar surface area (TPSA) is 106 Å². The first kappa shape index (κ1) is 21.7. The molecule has 9 heteroatoms. The number of pyridine rings is 1. The van der Waals surface area contributed by atoms with Gasteiger partial charge in [0.05, 0.1) is 22.6 Å². The van der Waals surface area contributed by atoms with Gasteiger partial charge in [0, 0.05) is 31.9 Å². The highest BCUT2D eigenvalue weighted by atomic mass is 32.2. The molecule has 0 saturated carbocycles. The van der Waals surface area contributed by atoms with Crippen LogP contribution >= 0.6 is 0 Å². The molecule has 0 atom stereocenters. The van der Waals surface area contributed by atoms with Gasteiger partial charge >= 0.3 is 0 Å². The lowest BCUT2D eigenvalue weighted by Gasteiger charge is -2.09. The van der Waals surface area contributed by atoms with E-state index in [-0.39, 0.29) is 17.3 Å². The summed E-state index contributed by atoms with van der Waals surface area (Å²) in [6.07, 6.45) is 1.54. The Bertz CT molecular complexity index is 1170. The second kappa shape index (κ2) is 8.76. The van der Waals surface area contributed by atoms with E-state index in [1.165, 1.54) is 6.20 Å². The van der Waals surface area contributed by atoms with Gasteiger partial charge in [-0.2, -0.15) is 5.10 Å². The summed E-state index contributed by atoms with van der Waals surface area (Å²) in [6, 6.07) is 11.0. The number of aromatic nitrogens is 3. The lowest BCUT2D eigenvalue weighted by atomic mass is 10.1. The second-order valence-electron chi connectivity index (χ2n) is 6.86. The molecule has 0 fully saturated rings. The van der Waals surface area contributed by atoms with Crippen molar-refractivity contribution in [2.24, 2.45) is 0 Å². The maximum absolute atomic E-state index is 12.6. The molecule has 0 saturated heterocycles. The van der Waals surface area contributed by atoms with Crippen LogP contribution in [0.25, 0.3) is 11.3 Å². The molecule has 2 heterocycles. The Morgan fingerprint density at radius 2 is 1.77 bits per heavy atom. The van der Waals surface area contributed by atoms with Crippen molar-refractivity contribution in [3.05, 3.63) is 65.1 Å². The average molecular weight is 428 g/mol. The predicted octanol–water partition coefficient (Wildman–Crippen LogP) is 2.42. The van der Waals surface area contributed by atoms with Crippen LogP contribution in [0.2, 0.25) is 0 Å². The van der Waals surface area contributed by atoms with Crippen LogP contribution in [0.5, 0.6) is 0 Å². The van der Waals surface area contributed by atoms with Crippen molar-refractivity contribution in [2.75, 3.05) is 7.05 Å². The van der Waals surface area contributed by atoms with E-state index in [0.29, 0.717) is 23.5 Å². The first-order chi connectivity index (χ1) is 14.2. The highest BCUT2D eigenvalue weighted by Crippen LogP contribution is 2.20. The fourth-order valence-corrected chi connectivity index (χ4v) is 4.27. The molecular weight excluding hydrogens is 402 g/mol. The minimum absolute atomic E-state index is 0.168. The first-order valence-corrected chi connectivity index (χ1v) is 11.1. The van der Waals surface area contributed by atoms with Gasteiger partial charge in [-0.15, -0.1) is 0 Å². The predicted molar refractivity (Wildman–Crippen MR) is 114 cm³/mol. The molecule has 1 amide bonds. The van der Waals surface area contributed by atoms with Crippen molar-refractivity contribution in [1.29, 1.82) is 0 Å². The molecule has 0 spiro atoms. The van der Waals surface area contributed by atoms with Crippen molar-refractivity contribution in [2.45, 2.75) is 38.8 Å². The van der Waals surface area contributed by atoms with Crippen molar-refractivity contribution in [3.63, 3.8) is 0 Å². The zero-order chi connectivity index (χ0) is 21.9. The number of sulfonamides is 1. The Morgan fingerprint density at radius 3 is 2.33 bits per heavy atom. The molecule has 0 aliphatic heterocycles. The molecule has 3 aromatic rings. The monoisotopic (exact) mass is 427 g/mol. The summed E-state index contributed by atoms with van der Waals surface area (Å²) in [6.45, 7) is 6.15. The number of aryl methyl sites for hydroxylation is 3. The zero-order valence-electron chi connectivity index (χ0n) is 17.4. The summed E-state index contributed by atoms with van der Waals surface area (Å²) < 4.78 is 29.4. The fourth-order valence-electron chi connectivity index (χ4n) is 3.07. The van der Waals surface area contributed by atoms with Crippen LogP contribution in [0.3, 0.4) is 0 Å². The van der Waals surface area contributed by atoms with Gasteiger partial charge in [0.1, 0.15) is 4.90 Å². The van der Waals surface area contributed by atoms with Gasteiger partial charge < -0.3 is 5.32 Å². The molecular formula is C21H25N5O3S. The molecule has 2 N–H and O–H groups in total. The first-order valence-electron chi connectivity index (χ1n) is 9.58. The summed E-state index contributed by atoms with van der Waals surface area (Å²) in [5.74, 6) is -0.172. The van der Waals surface area contributed by atoms with Crippen LogP contribution < -0.4 is 10.0 Å². The third kappa shape index (κ3) is 4.58. The van der Waals surface area contributed by atoms with Gasteiger partial charge in [-0.25, -0.2) is 13.1 Å². The Kier molecular flexibility index (Phi) is 6.33. The van der Waals surface area contributed by atoms with Gasteiger partial charge in [-0.1, -0.05) is 24.3 Å². The number of carbonyl (C=O) groups is 1. The number of rotatable bonds is 7. The van der Waals surface area contributed by atoms with Gasteiger partial charge in [-0.3, -0.25) is 14.5 Å². The number of hydrogen-bond acceptors (Lipinski definition) is 5. The third-order valence-corrected chi connectivity index (χ3v) is 6.29. The van der Waals surface area contributed by atoms with E-state index in [4.69, 9.17) is 0 Å². The molecule has 0 unspecified atom stereocenters. The molecule has 2 aromatic heterocycles. The normalized spacial score (nSPS) is 11.5. The quantitative estimate of drug-likeness (QED) is 0.602. The number of nitrogens with one attached hydrogen (secondary N) is 2. The van der Waals surface area contributed by atoms with Crippen molar-refractivity contribution >= 4 is 15.9 Å². The van der Waals surface area contributed by atoms with Gasteiger partial charge in [-0.05, 0) is 38.5 Å². The lowest BCUT2D eigenvalue weighted by Crippen LogP contribution is -2.23. The Labute approximate surface area is 176 Å². The van der Waals surface area contributed by atoms with Gasteiger partial charge in [0.15, 0.2) is 0 Å². The Hall–Kier alpha value is -3.04. The number of carbonyl (C=O) groups excluding carboxylic acids is 1. The molecule has 30 heavy (non-hydrogen) atoms. The SMILES string of the molecule is CCn1cc(S(=O)(=O)NCc2ccc(-c3ccc(C(=O)NC)c(C)n3)cc2)c(C)n1. The largest absolute Gasteiger partial charge is 0.355 e. The smallest absolute Gasteiger partial charge is 0.252 e. The molecule has 1 aromatic carbocycles. The highest BCUT2D eigenvalue weighted by molar-refractivity contribution is 7.89. The summed E-state index contributed by atoms with van der Waals surface area (Å²) in [5, 5.41) is 6.79. The maximum Gasteiger partial charge on any atom is 0.252 e. The minimum Gasteiger partial charge on any atom is -0.355 e. The molecule has 3 rings (SSSR count). The van der Waals surface area contributed by atoms with E-state index >= 15 is 0 Å². The Balaban J connectivity index is 1.72. The number of hydrogen-bond donors (Lipinski definition) is 2. The minimum atomic E-state index is -3.65. The maximum atomic E-state index is 12.6. The summed E-state index contributed by atoms with van der Waals surface area (Å²) >= 11 is 0. The van der Waals surface area contributed by atoms with Crippen LogP contribution in [-0.4, -0.2) is 36.1 Å². The average Bonchev–Trinajstić information content (AvgIpc) is 3.14. The van der Waals surface area contributed by atoms with Gasteiger partial charge in [0.25, 0.3) is 5.91 Å². The molecule has 8 nitrogen and oxygen atoms in total. The van der Waals surface area contributed by atoms with Gasteiger partial charge in [0.2, 0.25) is 10.0 Å². The molecule has 0 bridgehead atoms. The van der Waals surface area contributed by atoms with E-state index in [9.17, 15) is 13.2 Å². The van der Waals surface area contributed by atoms with Crippen LogP contribution in [-0.2, 0) is 23.1 Å². The van der Waals surface area contributed by atoms with Crippen LogP contribution in [0.15, 0.2) is 47.5 Å². The van der Waals surface area contributed by atoms with Crippen molar-refractivity contribution in [1.82, 2.24) is 24.8 Å². The number of benzene rings is 1. The standard InChI is InChI=1S/C21H25N5O3S/c1-5-26-13-20(15(3)25-26)30(28,29)23-12-16-6-8-17(9-7-16)19-11-10-18(14(2)24-19)21(27)22-4/h6-11,13,23H,5,12H2,1-4H3,(H,22,27). The molecule has 0 radical (unpaired) electrons. The van der Waals surface area contributed by atoms with Crippen LogP contribution in [0.1, 0.15) is 34.2 Å². The third-order valence-electron chi connectivity index (χ3n) is 4.79. The van der Waals surface area contributed by atoms with E-state index in [2.05, 4.69) is 20.1 Å². The van der Waals surface area contributed by atoms with Crippen LogP contribution in [0.4, 0.5) is 0 Å². The summed E-state index contributed by atoms with van der Waals surface area (Å²) in [4.78, 5) is 16.5. The molecule has 0 aliphatic rings. The zero-order valence-corrected chi connectivity index (χ0v) is 18.2. The fraction of sp³-hybridized carbons (Fsp3) is 0.286.